The van der Waals surface area contributed by atoms with Gasteiger partial charge in [-0.3, -0.25) is 4.79 Å². The summed E-state index contributed by atoms with van der Waals surface area (Å²) >= 11 is 0. The Kier molecular flexibility index (Phi) is 4.74. The van der Waals surface area contributed by atoms with Crippen LogP contribution < -0.4 is 10.6 Å². The van der Waals surface area contributed by atoms with Crippen LogP contribution in [0.25, 0.3) is 0 Å². The molecule has 1 atom stereocenters. The Morgan fingerprint density at radius 2 is 2.04 bits per heavy atom. The number of benzene rings is 2. The van der Waals surface area contributed by atoms with Crippen LogP contribution in [-0.2, 0) is 13.0 Å². The van der Waals surface area contributed by atoms with Gasteiger partial charge in [0.05, 0.1) is 6.10 Å². The number of carbonyl (C=O) groups excluding carboxylic acids is 1. The first-order valence-electron chi connectivity index (χ1n) is 7.99. The molecule has 3 N–H and O–H groups in total. The van der Waals surface area contributed by atoms with Crippen LogP contribution in [0.3, 0.4) is 0 Å². The highest BCUT2D eigenvalue weighted by atomic mass is 16.3. The minimum absolute atomic E-state index is 0.128. The average molecular weight is 310 g/mol. The van der Waals surface area contributed by atoms with Gasteiger partial charge in [-0.05, 0) is 42.6 Å². The summed E-state index contributed by atoms with van der Waals surface area (Å²) in [5.74, 6) is -0.128. The summed E-state index contributed by atoms with van der Waals surface area (Å²) < 4.78 is 0. The zero-order chi connectivity index (χ0) is 16.2. The zero-order valence-electron chi connectivity index (χ0n) is 13.3. The number of aliphatic hydroxyl groups is 1. The van der Waals surface area contributed by atoms with E-state index in [1.54, 1.807) is 0 Å². The minimum atomic E-state index is -0.697. The van der Waals surface area contributed by atoms with Crippen LogP contribution in [0.5, 0.6) is 0 Å². The third-order valence-electron chi connectivity index (χ3n) is 4.31. The second kappa shape index (κ2) is 6.94. The summed E-state index contributed by atoms with van der Waals surface area (Å²) in [4.78, 5) is 12.5. The van der Waals surface area contributed by atoms with Crippen molar-refractivity contribution in [1.82, 2.24) is 10.6 Å². The molecule has 1 aliphatic heterocycles. The average Bonchev–Trinajstić information content (AvgIpc) is 2.59. The molecular formula is C19H22N2O2. The summed E-state index contributed by atoms with van der Waals surface area (Å²) in [6.07, 6.45) is 0.250. The van der Waals surface area contributed by atoms with E-state index in [2.05, 4.69) is 16.7 Å². The van der Waals surface area contributed by atoms with Gasteiger partial charge >= 0.3 is 0 Å². The van der Waals surface area contributed by atoms with Crippen molar-refractivity contribution in [2.24, 2.45) is 0 Å². The zero-order valence-corrected chi connectivity index (χ0v) is 13.3. The molecule has 4 heteroatoms. The van der Waals surface area contributed by atoms with Crippen molar-refractivity contribution in [1.29, 1.82) is 0 Å². The van der Waals surface area contributed by atoms with Crippen LogP contribution in [-0.4, -0.2) is 24.1 Å². The van der Waals surface area contributed by atoms with Gasteiger partial charge in [0.15, 0.2) is 0 Å². The molecule has 0 bridgehead atoms. The summed E-state index contributed by atoms with van der Waals surface area (Å²) in [6, 6.07) is 13.5. The van der Waals surface area contributed by atoms with Gasteiger partial charge in [-0.15, -0.1) is 0 Å². The predicted molar refractivity (Wildman–Crippen MR) is 90.3 cm³/mol. The van der Waals surface area contributed by atoms with Crippen LogP contribution in [0.4, 0.5) is 0 Å². The van der Waals surface area contributed by atoms with Gasteiger partial charge in [-0.2, -0.15) is 0 Å². The molecular weight excluding hydrogens is 288 g/mol. The molecule has 1 aliphatic rings. The molecule has 0 radical (unpaired) electrons. The van der Waals surface area contributed by atoms with E-state index in [0.29, 0.717) is 5.56 Å². The number of amides is 1. The first kappa shape index (κ1) is 15.7. The van der Waals surface area contributed by atoms with Gasteiger partial charge in [-0.1, -0.05) is 42.0 Å². The molecule has 1 heterocycles. The third kappa shape index (κ3) is 3.60. The molecule has 0 aromatic heterocycles. The predicted octanol–water partition coefficient (Wildman–Crippen LogP) is 2.10. The lowest BCUT2D eigenvalue weighted by atomic mass is 9.95. The monoisotopic (exact) mass is 310 g/mol. The van der Waals surface area contributed by atoms with E-state index in [1.807, 2.05) is 43.3 Å². The van der Waals surface area contributed by atoms with Gasteiger partial charge < -0.3 is 15.7 Å². The lowest BCUT2D eigenvalue weighted by molar-refractivity contribution is 0.0915. The first-order chi connectivity index (χ1) is 11.1. The number of aliphatic hydroxyl groups excluding tert-OH is 1. The normalized spacial score (nSPS) is 14.9. The molecule has 0 aliphatic carbocycles. The van der Waals surface area contributed by atoms with Crippen molar-refractivity contribution in [2.75, 3.05) is 13.1 Å². The molecule has 1 amide bonds. The topological polar surface area (TPSA) is 61.4 Å². The molecule has 0 spiro atoms. The van der Waals surface area contributed by atoms with Crippen molar-refractivity contribution in [3.63, 3.8) is 0 Å². The Morgan fingerprint density at radius 3 is 2.83 bits per heavy atom. The van der Waals surface area contributed by atoms with Gasteiger partial charge in [0, 0.05) is 18.7 Å². The molecule has 2 aromatic carbocycles. The van der Waals surface area contributed by atoms with Gasteiger partial charge in [0.2, 0.25) is 0 Å². The minimum Gasteiger partial charge on any atom is -0.387 e. The van der Waals surface area contributed by atoms with Crippen molar-refractivity contribution < 1.29 is 9.90 Å². The van der Waals surface area contributed by atoms with E-state index in [0.717, 1.165) is 36.2 Å². The highest BCUT2D eigenvalue weighted by molar-refractivity contribution is 5.96. The van der Waals surface area contributed by atoms with Gasteiger partial charge in [0.1, 0.15) is 0 Å². The Balaban J connectivity index is 1.67. The number of fused-ring (bicyclic) bond motifs is 1. The van der Waals surface area contributed by atoms with Crippen molar-refractivity contribution in [2.45, 2.75) is 26.0 Å². The summed E-state index contributed by atoms with van der Waals surface area (Å²) in [5, 5.41) is 16.4. The molecule has 0 unspecified atom stereocenters. The van der Waals surface area contributed by atoms with E-state index >= 15 is 0 Å². The molecule has 4 nitrogen and oxygen atoms in total. The van der Waals surface area contributed by atoms with Gasteiger partial charge in [0.25, 0.3) is 5.91 Å². The molecule has 23 heavy (non-hydrogen) atoms. The third-order valence-corrected chi connectivity index (χ3v) is 4.31. The number of hydrogen-bond acceptors (Lipinski definition) is 3. The Morgan fingerprint density at radius 1 is 1.26 bits per heavy atom. The van der Waals surface area contributed by atoms with Crippen LogP contribution >= 0.6 is 0 Å². The lowest BCUT2D eigenvalue weighted by Crippen LogP contribution is -2.32. The molecule has 0 fully saturated rings. The maximum atomic E-state index is 12.5. The van der Waals surface area contributed by atoms with E-state index in [9.17, 15) is 9.90 Å². The van der Waals surface area contributed by atoms with E-state index in [-0.39, 0.29) is 12.5 Å². The number of hydrogen-bond donors (Lipinski definition) is 3. The molecule has 3 rings (SSSR count). The quantitative estimate of drug-likeness (QED) is 0.810. The first-order valence-corrected chi connectivity index (χ1v) is 7.99. The van der Waals surface area contributed by atoms with Crippen LogP contribution in [0, 0.1) is 6.92 Å². The number of rotatable bonds is 4. The number of carbonyl (C=O) groups is 1. The van der Waals surface area contributed by atoms with Gasteiger partial charge in [-0.25, -0.2) is 0 Å². The highest BCUT2D eigenvalue weighted by Gasteiger charge is 2.18. The van der Waals surface area contributed by atoms with Crippen molar-refractivity contribution >= 4 is 5.91 Å². The fourth-order valence-corrected chi connectivity index (χ4v) is 2.92. The van der Waals surface area contributed by atoms with Crippen molar-refractivity contribution in [3.8, 4) is 0 Å². The largest absolute Gasteiger partial charge is 0.387 e. The maximum absolute atomic E-state index is 12.5. The van der Waals surface area contributed by atoms with Crippen LogP contribution in [0.15, 0.2) is 42.5 Å². The second-order valence-corrected chi connectivity index (χ2v) is 6.01. The Labute approximate surface area is 136 Å². The standard InChI is InChI=1S/C19H22N2O2/c1-13-5-7-15(8-6-13)18(22)12-21-19(23)16-4-2-3-14-9-10-20-11-17(14)16/h2-8,18,20,22H,9-12H2,1H3,(H,21,23)/t18-/m0/s1. The Hall–Kier alpha value is -2.17. The molecule has 120 valence electrons. The molecule has 0 saturated carbocycles. The fraction of sp³-hybridized carbons (Fsp3) is 0.316. The van der Waals surface area contributed by atoms with Crippen LogP contribution in [0.2, 0.25) is 0 Å². The Bertz CT molecular complexity index is 695. The number of aryl methyl sites for hydroxylation is 1. The maximum Gasteiger partial charge on any atom is 0.251 e. The smallest absolute Gasteiger partial charge is 0.251 e. The number of nitrogens with one attached hydrogen (secondary N) is 2. The fourth-order valence-electron chi connectivity index (χ4n) is 2.92. The summed E-state index contributed by atoms with van der Waals surface area (Å²) in [5.41, 5.74) is 4.96. The molecule has 0 saturated heterocycles. The molecule has 2 aromatic rings. The van der Waals surface area contributed by atoms with E-state index < -0.39 is 6.10 Å². The SMILES string of the molecule is Cc1ccc([C@@H](O)CNC(=O)c2cccc3c2CNCC3)cc1. The van der Waals surface area contributed by atoms with E-state index in [4.69, 9.17) is 0 Å². The second-order valence-electron chi connectivity index (χ2n) is 6.01. The summed E-state index contributed by atoms with van der Waals surface area (Å²) in [7, 11) is 0. The lowest BCUT2D eigenvalue weighted by Gasteiger charge is -2.20. The highest BCUT2D eigenvalue weighted by Crippen LogP contribution is 2.19. The summed E-state index contributed by atoms with van der Waals surface area (Å²) in [6.45, 7) is 3.88. The van der Waals surface area contributed by atoms with Crippen LogP contribution in [0.1, 0.15) is 38.7 Å². The van der Waals surface area contributed by atoms with Crippen molar-refractivity contribution in [3.05, 3.63) is 70.3 Å². The van der Waals surface area contributed by atoms with E-state index in [1.165, 1.54) is 5.56 Å².